The van der Waals surface area contributed by atoms with Crippen molar-refractivity contribution in [2.75, 3.05) is 18.1 Å². The summed E-state index contributed by atoms with van der Waals surface area (Å²) < 4.78 is 0. The normalized spacial score (nSPS) is 10.1. The zero-order valence-electron chi connectivity index (χ0n) is 10.1. The molecule has 0 unspecified atom stereocenters. The molecule has 5 nitrogen and oxygen atoms in total. The number of amidine groups is 1. The lowest BCUT2D eigenvalue weighted by molar-refractivity contribution is 1.26. The van der Waals surface area contributed by atoms with Crippen LogP contribution in [-0.2, 0) is 0 Å². The van der Waals surface area contributed by atoms with Crippen LogP contribution in [0.5, 0.6) is 0 Å². The summed E-state index contributed by atoms with van der Waals surface area (Å²) in [5, 5.41) is 10.5. The Labute approximate surface area is 105 Å². The molecule has 0 aliphatic heterocycles. The van der Waals surface area contributed by atoms with Crippen LogP contribution in [0.3, 0.4) is 0 Å². The topological polar surface area (TPSA) is 101 Å². The molecule has 0 saturated carbocycles. The first-order chi connectivity index (χ1) is 8.61. The summed E-state index contributed by atoms with van der Waals surface area (Å²) in [6.07, 6.45) is 0. The van der Waals surface area contributed by atoms with Crippen molar-refractivity contribution in [3.8, 4) is 11.3 Å². The number of aromatic nitrogens is 1. The Morgan fingerprint density at radius 2 is 1.83 bits per heavy atom. The van der Waals surface area contributed by atoms with Crippen LogP contribution in [0.2, 0.25) is 0 Å². The van der Waals surface area contributed by atoms with Gasteiger partial charge in [0.1, 0.15) is 11.5 Å². The van der Waals surface area contributed by atoms with Gasteiger partial charge in [0, 0.05) is 18.3 Å². The molecular formula is C13H15N5. The molecule has 92 valence electrons. The molecule has 0 bridgehead atoms. The number of hydrogen-bond donors (Lipinski definition) is 4. The maximum Gasteiger partial charge on any atom is 0.143 e. The third kappa shape index (κ3) is 2.24. The first-order valence-electron chi connectivity index (χ1n) is 5.51. The predicted molar refractivity (Wildman–Crippen MR) is 74.6 cm³/mol. The third-order valence-corrected chi connectivity index (χ3v) is 2.65. The minimum absolute atomic E-state index is 0.124. The van der Waals surface area contributed by atoms with E-state index in [-0.39, 0.29) is 5.84 Å². The van der Waals surface area contributed by atoms with Crippen LogP contribution in [0.1, 0.15) is 5.69 Å². The summed E-state index contributed by atoms with van der Waals surface area (Å²) in [6, 6.07) is 11.4. The molecule has 1 heterocycles. The lowest BCUT2D eigenvalue weighted by Gasteiger charge is -2.07. The molecule has 2 aromatic rings. The van der Waals surface area contributed by atoms with E-state index >= 15 is 0 Å². The zero-order chi connectivity index (χ0) is 13.1. The highest BCUT2D eigenvalue weighted by Gasteiger charge is 2.07. The molecule has 0 amide bonds. The lowest BCUT2D eigenvalue weighted by atomic mass is 10.1. The lowest BCUT2D eigenvalue weighted by Crippen LogP contribution is -2.15. The molecule has 0 aliphatic carbocycles. The van der Waals surface area contributed by atoms with Gasteiger partial charge in [0.25, 0.3) is 0 Å². The molecule has 5 heteroatoms. The Bertz CT molecular complexity index is 574. The Balaban J connectivity index is 2.44. The number of hydrogen-bond acceptors (Lipinski definition) is 4. The van der Waals surface area contributed by atoms with Crippen molar-refractivity contribution in [1.29, 1.82) is 5.41 Å². The van der Waals surface area contributed by atoms with Gasteiger partial charge in [0.15, 0.2) is 0 Å². The SMILES string of the molecule is CNc1ccc(-c2ccc(N)c(C(=N)N)n2)cc1. The van der Waals surface area contributed by atoms with Gasteiger partial charge < -0.3 is 16.8 Å². The molecule has 0 saturated heterocycles. The van der Waals surface area contributed by atoms with Gasteiger partial charge in [-0.25, -0.2) is 4.98 Å². The van der Waals surface area contributed by atoms with Gasteiger partial charge in [-0.15, -0.1) is 0 Å². The second-order valence-electron chi connectivity index (χ2n) is 3.88. The molecule has 0 fully saturated rings. The van der Waals surface area contributed by atoms with Gasteiger partial charge in [0.2, 0.25) is 0 Å². The van der Waals surface area contributed by atoms with Crippen LogP contribution in [0.4, 0.5) is 11.4 Å². The molecule has 18 heavy (non-hydrogen) atoms. The fourth-order valence-electron chi connectivity index (χ4n) is 1.65. The van der Waals surface area contributed by atoms with Crippen molar-refractivity contribution in [2.24, 2.45) is 5.73 Å². The molecule has 1 aromatic carbocycles. The number of nitrogens with zero attached hydrogens (tertiary/aromatic N) is 1. The second-order valence-corrected chi connectivity index (χ2v) is 3.88. The summed E-state index contributed by atoms with van der Waals surface area (Å²) in [7, 11) is 1.87. The standard InChI is InChI=1S/C13H15N5/c1-17-9-4-2-8(3-5-9)11-7-6-10(14)12(18-11)13(15)16/h2-7,17H,14H2,1H3,(H3,15,16). The van der Waals surface area contributed by atoms with Crippen molar-refractivity contribution in [2.45, 2.75) is 0 Å². The van der Waals surface area contributed by atoms with E-state index in [1.54, 1.807) is 6.07 Å². The fourth-order valence-corrected chi connectivity index (χ4v) is 1.65. The smallest absolute Gasteiger partial charge is 0.143 e. The number of pyridine rings is 1. The van der Waals surface area contributed by atoms with E-state index < -0.39 is 0 Å². The molecule has 0 spiro atoms. The summed E-state index contributed by atoms with van der Waals surface area (Å²) in [5.74, 6) is -0.124. The van der Waals surface area contributed by atoms with E-state index in [2.05, 4.69) is 10.3 Å². The summed E-state index contributed by atoms with van der Waals surface area (Å²) in [5.41, 5.74) is 14.6. The van der Waals surface area contributed by atoms with Gasteiger partial charge in [-0.05, 0) is 24.3 Å². The van der Waals surface area contributed by atoms with Gasteiger partial charge in [0.05, 0.1) is 11.4 Å². The van der Waals surface area contributed by atoms with E-state index in [9.17, 15) is 0 Å². The highest BCUT2D eigenvalue weighted by molar-refractivity contribution is 5.98. The first kappa shape index (κ1) is 11.9. The van der Waals surface area contributed by atoms with Gasteiger partial charge in [-0.2, -0.15) is 0 Å². The molecule has 2 rings (SSSR count). The Morgan fingerprint density at radius 1 is 1.17 bits per heavy atom. The molecule has 0 radical (unpaired) electrons. The average Bonchev–Trinajstić information content (AvgIpc) is 2.39. The summed E-state index contributed by atoms with van der Waals surface area (Å²) >= 11 is 0. The van der Waals surface area contributed by atoms with E-state index in [0.29, 0.717) is 11.4 Å². The monoisotopic (exact) mass is 241 g/mol. The third-order valence-electron chi connectivity index (χ3n) is 2.65. The highest BCUT2D eigenvalue weighted by atomic mass is 14.8. The molecule has 6 N–H and O–H groups in total. The van der Waals surface area contributed by atoms with Crippen molar-refractivity contribution < 1.29 is 0 Å². The van der Waals surface area contributed by atoms with Crippen LogP contribution < -0.4 is 16.8 Å². The predicted octanol–water partition coefficient (Wildman–Crippen LogP) is 1.66. The molecule has 0 atom stereocenters. The number of benzene rings is 1. The van der Waals surface area contributed by atoms with Crippen molar-refractivity contribution >= 4 is 17.2 Å². The van der Waals surface area contributed by atoms with Crippen LogP contribution in [-0.4, -0.2) is 17.9 Å². The van der Waals surface area contributed by atoms with E-state index in [1.165, 1.54) is 0 Å². The van der Waals surface area contributed by atoms with Gasteiger partial charge >= 0.3 is 0 Å². The van der Waals surface area contributed by atoms with Crippen molar-refractivity contribution in [3.63, 3.8) is 0 Å². The Kier molecular flexibility index (Phi) is 3.14. The van der Waals surface area contributed by atoms with Crippen LogP contribution >= 0.6 is 0 Å². The number of nitrogen functional groups attached to an aromatic ring is 2. The minimum Gasteiger partial charge on any atom is -0.397 e. The largest absolute Gasteiger partial charge is 0.397 e. The maximum absolute atomic E-state index is 7.42. The second kappa shape index (κ2) is 4.75. The highest BCUT2D eigenvalue weighted by Crippen LogP contribution is 2.21. The number of nitrogens with two attached hydrogens (primary N) is 2. The average molecular weight is 241 g/mol. The zero-order valence-corrected chi connectivity index (χ0v) is 10.1. The minimum atomic E-state index is -0.124. The van der Waals surface area contributed by atoms with Crippen LogP contribution in [0.15, 0.2) is 36.4 Å². The number of nitrogens with one attached hydrogen (secondary N) is 2. The van der Waals surface area contributed by atoms with Crippen molar-refractivity contribution in [3.05, 3.63) is 42.1 Å². The maximum atomic E-state index is 7.42. The van der Waals surface area contributed by atoms with Crippen molar-refractivity contribution in [1.82, 2.24) is 4.98 Å². The van der Waals surface area contributed by atoms with Crippen LogP contribution in [0, 0.1) is 5.41 Å². The molecule has 0 aliphatic rings. The quantitative estimate of drug-likeness (QED) is 0.485. The fraction of sp³-hybridized carbons (Fsp3) is 0.0769. The van der Waals surface area contributed by atoms with E-state index in [4.69, 9.17) is 16.9 Å². The Morgan fingerprint density at radius 3 is 2.39 bits per heavy atom. The first-order valence-corrected chi connectivity index (χ1v) is 5.51. The van der Waals surface area contributed by atoms with Gasteiger partial charge in [-0.3, -0.25) is 5.41 Å². The molecular weight excluding hydrogens is 226 g/mol. The number of rotatable bonds is 3. The summed E-state index contributed by atoms with van der Waals surface area (Å²) in [4.78, 5) is 4.30. The van der Waals surface area contributed by atoms with Gasteiger partial charge in [-0.1, -0.05) is 12.1 Å². The van der Waals surface area contributed by atoms with E-state index in [0.717, 1.165) is 16.9 Å². The van der Waals surface area contributed by atoms with Crippen LogP contribution in [0.25, 0.3) is 11.3 Å². The summed E-state index contributed by atoms with van der Waals surface area (Å²) in [6.45, 7) is 0. The molecule has 1 aromatic heterocycles. The Hall–Kier alpha value is -2.56. The van der Waals surface area contributed by atoms with E-state index in [1.807, 2.05) is 37.4 Å². The number of anilines is 2.